The van der Waals surface area contributed by atoms with Gasteiger partial charge in [-0.3, -0.25) is 9.69 Å². The van der Waals surface area contributed by atoms with Crippen LogP contribution < -0.4 is 0 Å². The van der Waals surface area contributed by atoms with Gasteiger partial charge in [-0.25, -0.2) is 0 Å². The van der Waals surface area contributed by atoms with Crippen LogP contribution in [0.4, 0.5) is 0 Å². The van der Waals surface area contributed by atoms with Crippen LogP contribution in [0.2, 0.25) is 0 Å². The number of nitrogens with zero attached hydrogens (tertiary/aromatic N) is 1. The van der Waals surface area contributed by atoms with E-state index in [1.165, 1.54) is 18.1 Å². The van der Waals surface area contributed by atoms with Gasteiger partial charge in [0, 0.05) is 26.6 Å². The highest BCUT2D eigenvalue weighted by Gasteiger charge is 2.14. The van der Waals surface area contributed by atoms with Gasteiger partial charge in [-0.1, -0.05) is 24.3 Å². The Labute approximate surface area is 102 Å². The summed E-state index contributed by atoms with van der Waals surface area (Å²) >= 11 is 0. The average molecular weight is 233 g/mol. The highest BCUT2D eigenvalue weighted by Crippen LogP contribution is 2.18. The summed E-state index contributed by atoms with van der Waals surface area (Å²) in [6.07, 6.45) is 2.05. The van der Waals surface area contributed by atoms with Crippen LogP contribution in [0.15, 0.2) is 24.3 Å². The maximum atomic E-state index is 10.6. The molecule has 1 heterocycles. The van der Waals surface area contributed by atoms with Crippen LogP contribution in [-0.2, 0) is 22.5 Å². The molecule has 0 unspecified atom stereocenters. The molecule has 0 aromatic heterocycles. The van der Waals surface area contributed by atoms with E-state index in [0.29, 0.717) is 6.61 Å². The Hall–Kier alpha value is -1.35. The molecule has 1 aliphatic rings. The number of fused-ring (bicyclic) bond motifs is 1. The molecule has 0 aliphatic carbocycles. The third-order valence-electron chi connectivity index (χ3n) is 3.13. The molecular weight excluding hydrogens is 214 g/mol. The molecule has 0 bridgehead atoms. The second-order valence-electron chi connectivity index (χ2n) is 4.49. The van der Waals surface area contributed by atoms with Crippen LogP contribution in [0, 0.1) is 0 Å². The van der Waals surface area contributed by atoms with E-state index in [1.54, 1.807) is 0 Å². The molecule has 0 radical (unpaired) electrons. The molecule has 0 N–H and O–H groups in total. The summed E-state index contributed by atoms with van der Waals surface area (Å²) in [6, 6.07) is 8.62. The SMILES string of the molecule is CC(=O)OCCCN1CCc2ccccc2C1. The lowest BCUT2D eigenvalue weighted by Crippen LogP contribution is -2.31. The number of carbonyl (C=O) groups excluding carboxylic acids is 1. The van der Waals surface area contributed by atoms with E-state index in [1.807, 2.05) is 0 Å². The van der Waals surface area contributed by atoms with Gasteiger partial charge in [0.15, 0.2) is 0 Å². The van der Waals surface area contributed by atoms with Gasteiger partial charge in [0.1, 0.15) is 0 Å². The van der Waals surface area contributed by atoms with E-state index in [2.05, 4.69) is 29.2 Å². The minimum Gasteiger partial charge on any atom is -0.466 e. The Bertz CT molecular complexity index is 390. The summed E-state index contributed by atoms with van der Waals surface area (Å²) in [5.74, 6) is -0.186. The first-order chi connectivity index (χ1) is 8.25. The molecule has 3 heteroatoms. The van der Waals surface area contributed by atoms with Crippen molar-refractivity contribution in [2.45, 2.75) is 26.3 Å². The monoisotopic (exact) mass is 233 g/mol. The molecule has 1 aliphatic heterocycles. The molecule has 17 heavy (non-hydrogen) atoms. The molecule has 0 amide bonds. The molecule has 1 aromatic carbocycles. The predicted molar refractivity (Wildman–Crippen MR) is 66.7 cm³/mol. The van der Waals surface area contributed by atoms with Crippen LogP contribution in [0.1, 0.15) is 24.5 Å². The highest BCUT2D eigenvalue weighted by molar-refractivity contribution is 5.65. The summed E-state index contributed by atoms with van der Waals surface area (Å²) in [5.41, 5.74) is 2.91. The molecular formula is C14H19NO2. The number of esters is 1. The van der Waals surface area contributed by atoms with Crippen molar-refractivity contribution in [3.63, 3.8) is 0 Å². The number of hydrogen-bond acceptors (Lipinski definition) is 3. The van der Waals surface area contributed by atoms with Crippen molar-refractivity contribution in [2.75, 3.05) is 19.7 Å². The molecule has 0 saturated carbocycles. The summed E-state index contributed by atoms with van der Waals surface area (Å²) < 4.78 is 4.94. The van der Waals surface area contributed by atoms with Crippen molar-refractivity contribution in [2.24, 2.45) is 0 Å². The highest BCUT2D eigenvalue weighted by atomic mass is 16.5. The maximum Gasteiger partial charge on any atom is 0.302 e. The minimum absolute atomic E-state index is 0.186. The third kappa shape index (κ3) is 3.56. The lowest BCUT2D eigenvalue weighted by atomic mass is 10.00. The van der Waals surface area contributed by atoms with Crippen LogP contribution in [-0.4, -0.2) is 30.6 Å². The van der Waals surface area contributed by atoms with Crippen LogP contribution in [0.5, 0.6) is 0 Å². The quantitative estimate of drug-likeness (QED) is 0.588. The minimum atomic E-state index is -0.186. The van der Waals surface area contributed by atoms with Gasteiger partial charge in [0.05, 0.1) is 6.61 Å². The van der Waals surface area contributed by atoms with E-state index in [-0.39, 0.29) is 5.97 Å². The summed E-state index contributed by atoms with van der Waals surface area (Å²) in [7, 11) is 0. The van der Waals surface area contributed by atoms with Gasteiger partial charge in [0.2, 0.25) is 0 Å². The lowest BCUT2D eigenvalue weighted by Gasteiger charge is -2.28. The zero-order valence-electron chi connectivity index (χ0n) is 10.3. The largest absolute Gasteiger partial charge is 0.466 e. The van der Waals surface area contributed by atoms with Crippen molar-refractivity contribution < 1.29 is 9.53 Å². The topological polar surface area (TPSA) is 29.5 Å². The number of hydrogen-bond donors (Lipinski definition) is 0. The fourth-order valence-electron chi connectivity index (χ4n) is 2.25. The van der Waals surface area contributed by atoms with E-state index in [4.69, 9.17) is 4.74 Å². The second kappa shape index (κ2) is 5.82. The number of benzene rings is 1. The van der Waals surface area contributed by atoms with Crippen molar-refractivity contribution in [3.8, 4) is 0 Å². The molecule has 0 atom stereocenters. The third-order valence-corrected chi connectivity index (χ3v) is 3.13. The van der Waals surface area contributed by atoms with E-state index in [0.717, 1.165) is 32.5 Å². The van der Waals surface area contributed by atoms with Crippen molar-refractivity contribution >= 4 is 5.97 Å². The molecule has 0 fully saturated rings. The lowest BCUT2D eigenvalue weighted by molar-refractivity contribution is -0.141. The molecule has 92 valence electrons. The molecule has 0 saturated heterocycles. The van der Waals surface area contributed by atoms with Crippen molar-refractivity contribution in [1.82, 2.24) is 4.90 Å². The maximum absolute atomic E-state index is 10.6. The molecule has 2 rings (SSSR count). The van der Waals surface area contributed by atoms with E-state index >= 15 is 0 Å². The van der Waals surface area contributed by atoms with E-state index in [9.17, 15) is 4.79 Å². The zero-order valence-corrected chi connectivity index (χ0v) is 10.3. The first-order valence-electron chi connectivity index (χ1n) is 6.18. The summed E-state index contributed by atoms with van der Waals surface area (Å²) in [5, 5.41) is 0. The Morgan fingerprint density at radius 2 is 2.12 bits per heavy atom. The number of carbonyl (C=O) groups is 1. The van der Waals surface area contributed by atoms with Crippen LogP contribution in [0.25, 0.3) is 0 Å². The Kier molecular flexibility index (Phi) is 4.15. The normalized spacial score (nSPS) is 15.4. The zero-order chi connectivity index (χ0) is 12.1. The van der Waals surface area contributed by atoms with Gasteiger partial charge in [-0.15, -0.1) is 0 Å². The number of rotatable bonds is 4. The van der Waals surface area contributed by atoms with Gasteiger partial charge in [0.25, 0.3) is 0 Å². The standard InChI is InChI=1S/C14H19NO2/c1-12(16)17-10-4-8-15-9-7-13-5-2-3-6-14(13)11-15/h2-3,5-6H,4,7-11H2,1H3. The van der Waals surface area contributed by atoms with Crippen LogP contribution in [0.3, 0.4) is 0 Å². The molecule has 1 aromatic rings. The van der Waals surface area contributed by atoms with Gasteiger partial charge in [-0.05, 0) is 24.0 Å². The summed E-state index contributed by atoms with van der Waals surface area (Å²) in [4.78, 5) is 13.0. The molecule has 0 spiro atoms. The number of ether oxygens (including phenoxy) is 1. The summed E-state index contributed by atoms with van der Waals surface area (Å²) in [6.45, 7) is 5.12. The van der Waals surface area contributed by atoms with E-state index < -0.39 is 0 Å². The van der Waals surface area contributed by atoms with Gasteiger partial charge in [-0.2, -0.15) is 0 Å². The van der Waals surface area contributed by atoms with Gasteiger partial charge < -0.3 is 4.74 Å². The predicted octanol–water partition coefficient (Wildman–Crippen LogP) is 2.00. The Balaban J connectivity index is 1.76. The molecule has 3 nitrogen and oxygen atoms in total. The fourth-order valence-corrected chi connectivity index (χ4v) is 2.25. The smallest absolute Gasteiger partial charge is 0.302 e. The van der Waals surface area contributed by atoms with Crippen LogP contribution >= 0.6 is 0 Å². The van der Waals surface area contributed by atoms with Gasteiger partial charge >= 0.3 is 5.97 Å². The Morgan fingerprint density at radius 3 is 2.88 bits per heavy atom. The average Bonchev–Trinajstić information content (AvgIpc) is 2.34. The van der Waals surface area contributed by atoms with Crippen molar-refractivity contribution in [1.29, 1.82) is 0 Å². The first-order valence-corrected chi connectivity index (χ1v) is 6.18. The Morgan fingerprint density at radius 1 is 1.35 bits per heavy atom. The van der Waals surface area contributed by atoms with Crippen molar-refractivity contribution in [3.05, 3.63) is 35.4 Å². The second-order valence-corrected chi connectivity index (χ2v) is 4.49. The first kappa shape index (κ1) is 12.1. The fraction of sp³-hybridized carbons (Fsp3) is 0.500.